The molecule has 3 rings (SSSR count). The summed E-state index contributed by atoms with van der Waals surface area (Å²) in [6.45, 7) is -3.52. The Balaban J connectivity index is 1.69. The molecule has 9 N–H and O–H groups in total. The molecule has 2 saturated heterocycles. The van der Waals surface area contributed by atoms with Crippen molar-refractivity contribution in [1.82, 2.24) is 9.55 Å². The summed E-state index contributed by atoms with van der Waals surface area (Å²) in [5.74, 6) is 0. The number of hydrogen-bond donors (Lipinski definition) is 9. The van der Waals surface area contributed by atoms with Gasteiger partial charge in [0.05, 0.1) is 13.2 Å². The topological polar surface area (TPSA) is 280 Å². The molecule has 7 unspecified atom stereocenters. The van der Waals surface area contributed by atoms with Crippen LogP contribution >= 0.6 is 14.5 Å². The van der Waals surface area contributed by atoms with Crippen molar-refractivity contribution < 1.29 is 72.2 Å². The highest BCUT2D eigenvalue weighted by Crippen LogP contribution is 2.62. The number of aliphatic hydroxyl groups excluding tert-OH is 5. The van der Waals surface area contributed by atoms with Crippen molar-refractivity contribution in [2.24, 2.45) is 0 Å². The maximum Gasteiger partial charge on any atom is 0.481 e. The van der Waals surface area contributed by atoms with Crippen LogP contribution in [-0.4, -0.2) is 118 Å². The van der Waals surface area contributed by atoms with E-state index in [1.807, 2.05) is 4.98 Å². The van der Waals surface area contributed by atoms with Crippen LogP contribution in [0.4, 0.5) is 4.39 Å². The Labute approximate surface area is 228 Å². The summed E-state index contributed by atoms with van der Waals surface area (Å²) >= 11 is 4.64. The third kappa shape index (κ3) is 7.01. The van der Waals surface area contributed by atoms with Crippen LogP contribution in [0.25, 0.3) is 0 Å². The molecule has 0 saturated carbocycles. The predicted molar refractivity (Wildman–Crippen MR) is 130 cm³/mol. The van der Waals surface area contributed by atoms with Gasteiger partial charge in [0.15, 0.2) is 24.3 Å². The Morgan fingerprint density at radius 3 is 2.45 bits per heavy atom. The molecule has 12 atom stereocenters. The largest absolute Gasteiger partial charge is 0.481 e. The Bertz CT molecular complexity index is 1280. The van der Waals surface area contributed by atoms with Crippen LogP contribution in [0.15, 0.2) is 34.5 Å². The average Bonchev–Trinajstić information content (AvgIpc) is 3.12. The van der Waals surface area contributed by atoms with Gasteiger partial charge < -0.3 is 54.4 Å². The van der Waals surface area contributed by atoms with Gasteiger partial charge in [-0.25, -0.2) is 18.1 Å². The first-order valence-electron chi connectivity index (χ1n) is 11.1. The lowest BCUT2D eigenvalue weighted by molar-refractivity contribution is -0.287. The molecule has 0 spiro atoms. The van der Waals surface area contributed by atoms with Crippen molar-refractivity contribution in [3.05, 3.63) is 45.8 Å². The number of phosphoric acid groups is 1. The molecule has 0 aliphatic carbocycles. The summed E-state index contributed by atoms with van der Waals surface area (Å²) in [6, 6.07) is 0.928. The smallest absolute Gasteiger partial charge is 0.393 e. The van der Waals surface area contributed by atoms with E-state index in [0.29, 0.717) is 0 Å². The van der Waals surface area contributed by atoms with E-state index < -0.39 is 99.9 Å². The van der Waals surface area contributed by atoms with Gasteiger partial charge in [0, 0.05) is 12.3 Å². The number of H-pyrrole nitrogens is 1. The molecule has 40 heavy (non-hydrogen) atoms. The molecule has 0 radical (unpaired) electrons. The number of aromatic nitrogens is 2. The van der Waals surface area contributed by atoms with Gasteiger partial charge in [-0.15, -0.1) is 0 Å². The van der Waals surface area contributed by atoms with Gasteiger partial charge >= 0.3 is 20.2 Å². The standard InChI is InChI=1S/C18H27FN2O16P2S/c1-2-18(29)14(27)8(34-16(18)21-4-3-9(23)20-17(21)28)6-33-39(32,40)37-38(30,31)36-15-12(26)10(24)11(25)13(35-15)7(19)5-22/h2-4,7-8,10-16,22,24-27,29H,1,5-6H2,(H,30,31)(H,32,40)(H,20,23,28)/t7-,8+,10?,11?,12?,13?,14+,15?,16+,18+,39?/m0/s1. The number of phosphoric ester groups is 1. The number of ether oxygens (including phenoxy) is 2. The quantitative estimate of drug-likeness (QED) is 0.0829. The zero-order valence-electron chi connectivity index (χ0n) is 20.0. The minimum Gasteiger partial charge on any atom is -0.393 e. The number of halogens is 1. The molecule has 0 bridgehead atoms. The Morgan fingerprint density at radius 2 is 1.88 bits per heavy atom. The molecule has 1 aromatic rings. The van der Waals surface area contributed by atoms with Gasteiger partial charge in [-0.3, -0.25) is 18.9 Å². The van der Waals surface area contributed by atoms with Crippen LogP contribution in [0.3, 0.4) is 0 Å². The van der Waals surface area contributed by atoms with Gasteiger partial charge in [0.25, 0.3) is 5.56 Å². The monoisotopic (exact) mass is 640 g/mol. The second-order valence-corrected chi connectivity index (χ2v) is 13.0. The summed E-state index contributed by atoms with van der Waals surface area (Å²) < 4.78 is 51.2. The van der Waals surface area contributed by atoms with Crippen LogP contribution in [0.5, 0.6) is 0 Å². The van der Waals surface area contributed by atoms with E-state index in [1.165, 1.54) is 0 Å². The van der Waals surface area contributed by atoms with Crippen molar-refractivity contribution >= 4 is 26.3 Å². The summed E-state index contributed by atoms with van der Waals surface area (Å²) in [7, 11) is -5.55. The fourth-order valence-corrected chi connectivity index (χ4v) is 6.98. The second-order valence-electron chi connectivity index (χ2n) is 8.64. The molecule has 2 fully saturated rings. The number of rotatable bonds is 11. The molecule has 228 valence electrons. The predicted octanol–water partition coefficient (Wildman–Crippen LogP) is -3.78. The Hall–Kier alpha value is -1.29. The zero-order chi connectivity index (χ0) is 30.2. The molecule has 0 amide bonds. The first-order chi connectivity index (χ1) is 18.5. The van der Waals surface area contributed by atoms with E-state index in [0.717, 1.165) is 22.9 Å². The maximum absolute atomic E-state index is 13.9. The Kier molecular flexibility index (Phi) is 10.4. The van der Waals surface area contributed by atoms with E-state index >= 15 is 0 Å². The summed E-state index contributed by atoms with van der Waals surface area (Å²) in [5.41, 5.74) is -4.13. The molecule has 1 aromatic heterocycles. The van der Waals surface area contributed by atoms with Gasteiger partial charge in [0.1, 0.15) is 36.6 Å². The van der Waals surface area contributed by atoms with Gasteiger partial charge in [-0.05, 0) is 11.8 Å². The van der Waals surface area contributed by atoms with E-state index in [-0.39, 0.29) is 0 Å². The number of nitrogens with zero attached hydrogens (tertiary/aromatic N) is 1. The molecular formula is C18H27FN2O16P2S. The molecule has 18 nitrogen and oxygen atoms in total. The van der Waals surface area contributed by atoms with E-state index in [2.05, 4.69) is 27.2 Å². The molecule has 2 aliphatic heterocycles. The number of hydrogen-bond acceptors (Lipinski definition) is 15. The van der Waals surface area contributed by atoms with Crippen LogP contribution in [-0.2, 0) is 39.2 Å². The van der Waals surface area contributed by atoms with E-state index in [4.69, 9.17) is 19.1 Å². The van der Waals surface area contributed by atoms with Crippen LogP contribution in [0, 0.1) is 0 Å². The van der Waals surface area contributed by atoms with Crippen molar-refractivity contribution in [3.63, 3.8) is 0 Å². The average molecular weight is 640 g/mol. The zero-order valence-corrected chi connectivity index (χ0v) is 22.6. The highest BCUT2D eigenvalue weighted by atomic mass is 32.5. The fourth-order valence-electron chi connectivity index (χ4n) is 3.88. The summed E-state index contributed by atoms with van der Waals surface area (Å²) in [5, 5.41) is 60.0. The number of nitrogens with one attached hydrogen (secondary N) is 1. The van der Waals surface area contributed by atoms with Gasteiger partial charge in [-0.1, -0.05) is 12.7 Å². The van der Waals surface area contributed by atoms with Crippen molar-refractivity contribution in [3.8, 4) is 0 Å². The molecule has 0 aromatic carbocycles. The van der Waals surface area contributed by atoms with Crippen LogP contribution in [0.1, 0.15) is 6.23 Å². The van der Waals surface area contributed by atoms with Crippen LogP contribution < -0.4 is 11.2 Å². The maximum atomic E-state index is 13.9. The number of aliphatic hydroxyl groups is 6. The molecule has 22 heteroatoms. The third-order valence-electron chi connectivity index (χ3n) is 5.94. The lowest BCUT2D eigenvalue weighted by atomic mass is 9.94. The van der Waals surface area contributed by atoms with Crippen molar-refractivity contribution in [2.75, 3.05) is 13.2 Å². The van der Waals surface area contributed by atoms with Crippen molar-refractivity contribution in [2.45, 2.75) is 60.9 Å². The highest BCUT2D eigenvalue weighted by Gasteiger charge is 2.55. The van der Waals surface area contributed by atoms with Crippen molar-refractivity contribution in [1.29, 1.82) is 0 Å². The second kappa shape index (κ2) is 12.5. The summed E-state index contributed by atoms with van der Waals surface area (Å²) in [6.07, 6.45) is -16.4. The van der Waals surface area contributed by atoms with Gasteiger partial charge in [0.2, 0.25) is 0 Å². The van der Waals surface area contributed by atoms with E-state index in [9.17, 15) is 53.9 Å². The number of aromatic amines is 1. The number of alkyl halides is 1. The lowest BCUT2D eigenvalue weighted by Crippen LogP contribution is -2.60. The minimum absolute atomic E-state index is 0.723. The molecule has 3 heterocycles. The van der Waals surface area contributed by atoms with E-state index in [1.54, 1.807) is 0 Å². The first-order valence-corrected chi connectivity index (χ1v) is 15.2. The highest BCUT2D eigenvalue weighted by molar-refractivity contribution is 8.08. The first kappa shape index (κ1) is 33.2. The molecule has 2 aliphatic rings. The third-order valence-corrected chi connectivity index (χ3v) is 9.46. The summed E-state index contributed by atoms with van der Waals surface area (Å²) in [4.78, 5) is 45.7. The SMILES string of the molecule is C=C[C@@]1(O)[C@H](O)[C@@H](COP(O)(=S)OP(=O)(O)OC2OC([C@@H](F)CO)C(O)C(O)C2O)O[C@H]1n1ccc(=O)[nH]c1=O. The lowest BCUT2D eigenvalue weighted by Gasteiger charge is -2.41. The Morgan fingerprint density at radius 1 is 1.23 bits per heavy atom. The molecular weight excluding hydrogens is 613 g/mol. The van der Waals surface area contributed by atoms with Gasteiger partial charge in [-0.2, -0.15) is 0 Å². The van der Waals surface area contributed by atoms with Crippen LogP contribution in [0.2, 0.25) is 0 Å². The minimum atomic E-state index is -5.55. The normalized spacial score (nSPS) is 38.3. The fraction of sp³-hybridized carbons (Fsp3) is 0.667.